The number of benzene rings is 3. The molecule has 4 N–H and O–H groups in total. The van der Waals surface area contributed by atoms with Crippen molar-refractivity contribution in [3.63, 3.8) is 0 Å². The fraction of sp³-hybridized carbons (Fsp3) is 0.0606. The summed E-state index contributed by atoms with van der Waals surface area (Å²) < 4.78 is 19.4. The molecular formula is C33H26FN5O4. The fourth-order valence-corrected chi connectivity index (χ4v) is 4.31. The molecule has 5 rings (SSSR count). The maximum Gasteiger partial charge on any atom is 0.338 e. The number of carbonyl (C=O) groups is 3. The van der Waals surface area contributed by atoms with Crippen LogP contribution in [0.5, 0.6) is 0 Å². The minimum Gasteiger partial charge on any atom is -0.457 e. The second kappa shape index (κ2) is 13.3. The second-order valence-electron chi connectivity index (χ2n) is 9.44. The molecule has 214 valence electrons. The van der Waals surface area contributed by atoms with Gasteiger partial charge in [-0.15, -0.1) is 0 Å². The predicted octanol–water partition coefficient (Wildman–Crippen LogP) is 5.60. The van der Waals surface area contributed by atoms with Crippen LogP contribution in [0.25, 0.3) is 11.1 Å². The highest BCUT2D eigenvalue weighted by Crippen LogP contribution is 2.27. The molecule has 0 aliphatic heterocycles. The quantitative estimate of drug-likeness (QED) is 0.195. The van der Waals surface area contributed by atoms with Crippen molar-refractivity contribution in [3.05, 3.63) is 143 Å². The van der Waals surface area contributed by atoms with Crippen LogP contribution < -0.4 is 16.4 Å². The van der Waals surface area contributed by atoms with Crippen molar-refractivity contribution in [1.82, 2.24) is 9.97 Å². The van der Waals surface area contributed by atoms with E-state index in [4.69, 9.17) is 10.5 Å². The van der Waals surface area contributed by atoms with Crippen molar-refractivity contribution < 1.29 is 23.5 Å². The topological polar surface area (TPSA) is 136 Å². The van der Waals surface area contributed by atoms with Gasteiger partial charge in [-0.1, -0.05) is 30.3 Å². The molecule has 3 aromatic carbocycles. The Labute approximate surface area is 246 Å². The number of nitrogens with zero attached hydrogens (tertiary/aromatic N) is 2. The van der Waals surface area contributed by atoms with Crippen LogP contribution >= 0.6 is 0 Å². The number of amides is 2. The van der Waals surface area contributed by atoms with Gasteiger partial charge in [-0.05, 0) is 71.3 Å². The SMILES string of the molecule is NCc1ccc(C(=O)Nc2ccncc2F)cc1-c1cccc(C(=O)Nc2cccc(C(=O)OCc3cccnc3)c2)c1. The summed E-state index contributed by atoms with van der Waals surface area (Å²) in [5.41, 5.74) is 10.1. The molecule has 0 bridgehead atoms. The summed E-state index contributed by atoms with van der Waals surface area (Å²) in [6.07, 6.45) is 5.64. The summed E-state index contributed by atoms with van der Waals surface area (Å²) in [7, 11) is 0. The van der Waals surface area contributed by atoms with E-state index in [0.717, 1.165) is 17.3 Å². The first-order chi connectivity index (χ1) is 20.9. The third kappa shape index (κ3) is 7.13. The van der Waals surface area contributed by atoms with Crippen molar-refractivity contribution >= 4 is 29.2 Å². The van der Waals surface area contributed by atoms with Crippen LogP contribution in [0.15, 0.2) is 110 Å². The number of esters is 1. The monoisotopic (exact) mass is 575 g/mol. The lowest BCUT2D eigenvalue weighted by molar-refractivity contribution is 0.0472. The van der Waals surface area contributed by atoms with Gasteiger partial charge >= 0.3 is 5.97 Å². The minimum absolute atomic E-state index is 0.00828. The van der Waals surface area contributed by atoms with Crippen molar-refractivity contribution in [2.45, 2.75) is 13.2 Å². The Bertz CT molecular complexity index is 1800. The van der Waals surface area contributed by atoms with E-state index in [1.807, 2.05) is 0 Å². The van der Waals surface area contributed by atoms with Gasteiger partial charge in [0.1, 0.15) is 6.61 Å². The predicted molar refractivity (Wildman–Crippen MR) is 160 cm³/mol. The third-order valence-corrected chi connectivity index (χ3v) is 6.50. The Morgan fingerprint density at radius 3 is 2.33 bits per heavy atom. The largest absolute Gasteiger partial charge is 0.457 e. The Kier molecular flexibility index (Phi) is 8.89. The number of rotatable bonds is 9. The fourth-order valence-electron chi connectivity index (χ4n) is 4.31. The molecule has 2 aromatic heterocycles. The van der Waals surface area contributed by atoms with Crippen molar-refractivity contribution in [3.8, 4) is 11.1 Å². The van der Waals surface area contributed by atoms with Gasteiger partial charge in [0, 0.05) is 47.5 Å². The standard InChI is InChI=1S/C33H26FN5O4/c34-29-19-37-13-11-30(29)39-32(41)24-9-10-26(17-35)28(16-24)22-5-1-6-23(14-22)31(40)38-27-8-2-7-25(15-27)33(42)43-20-21-4-3-12-36-18-21/h1-16,18-19H,17,20,35H2,(H,38,40)(H,37,39,41). The normalized spacial score (nSPS) is 10.6. The lowest BCUT2D eigenvalue weighted by atomic mass is 9.95. The first kappa shape index (κ1) is 28.8. The van der Waals surface area contributed by atoms with E-state index < -0.39 is 23.6 Å². The average Bonchev–Trinajstić information content (AvgIpc) is 3.05. The zero-order valence-electron chi connectivity index (χ0n) is 22.8. The maximum atomic E-state index is 14.0. The van der Waals surface area contributed by atoms with E-state index in [9.17, 15) is 18.8 Å². The number of pyridine rings is 2. The Morgan fingerprint density at radius 2 is 1.53 bits per heavy atom. The van der Waals surface area contributed by atoms with E-state index >= 15 is 0 Å². The van der Waals surface area contributed by atoms with Crippen LogP contribution in [-0.4, -0.2) is 27.8 Å². The molecule has 2 amide bonds. The molecule has 0 atom stereocenters. The van der Waals surface area contributed by atoms with Gasteiger partial charge in [-0.3, -0.25) is 19.6 Å². The zero-order chi connectivity index (χ0) is 30.2. The van der Waals surface area contributed by atoms with Crippen LogP contribution in [-0.2, 0) is 17.9 Å². The van der Waals surface area contributed by atoms with E-state index in [1.54, 1.807) is 85.2 Å². The molecule has 2 heterocycles. The van der Waals surface area contributed by atoms with Crippen LogP contribution in [0.1, 0.15) is 42.2 Å². The highest BCUT2D eigenvalue weighted by Gasteiger charge is 2.15. The molecular weight excluding hydrogens is 549 g/mol. The number of aromatic nitrogens is 2. The van der Waals surface area contributed by atoms with Gasteiger partial charge in [-0.2, -0.15) is 0 Å². The van der Waals surface area contributed by atoms with E-state index in [-0.39, 0.29) is 30.0 Å². The highest BCUT2D eigenvalue weighted by atomic mass is 19.1. The zero-order valence-corrected chi connectivity index (χ0v) is 22.8. The number of anilines is 2. The molecule has 0 aliphatic carbocycles. The lowest BCUT2D eigenvalue weighted by Gasteiger charge is -2.13. The first-order valence-electron chi connectivity index (χ1n) is 13.2. The number of nitrogens with one attached hydrogen (secondary N) is 2. The molecule has 0 unspecified atom stereocenters. The summed E-state index contributed by atoms with van der Waals surface area (Å²) in [4.78, 5) is 46.3. The number of hydrogen-bond donors (Lipinski definition) is 3. The summed E-state index contributed by atoms with van der Waals surface area (Å²) in [6, 6.07) is 23.2. The van der Waals surface area contributed by atoms with Crippen LogP contribution in [0, 0.1) is 5.82 Å². The van der Waals surface area contributed by atoms with Crippen molar-refractivity contribution in [2.24, 2.45) is 5.73 Å². The molecule has 0 spiro atoms. The Hall–Kier alpha value is -5.74. The summed E-state index contributed by atoms with van der Waals surface area (Å²) >= 11 is 0. The molecule has 0 aliphatic rings. The molecule has 10 heteroatoms. The third-order valence-electron chi connectivity index (χ3n) is 6.50. The molecule has 0 fully saturated rings. The van der Waals surface area contributed by atoms with E-state index in [2.05, 4.69) is 20.6 Å². The van der Waals surface area contributed by atoms with Crippen LogP contribution in [0.2, 0.25) is 0 Å². The molecule has 0 saturated carbocycles. The second-order valence-corrected chi connectivity index (χ2v) is 9.44. The molecule has 43 heavy (non-hydrogen) atoms. The summed E-state index contributed by atoms with van der Waals surface area (Å²) in [5, 5.41) is 5.35. The first-order valence-corrected chi connectivity index (χ1v) is 13.2. The summed E-state index contributed by atoms with van der Waals surface area (Å²) in [6.45, 7) is 0.265. The van der Waals surface area contributed by atoms with Crippen molar-refractivity contribution in [2.75, 3.05) is 10.6 Å². The average molecular weight is 576 g/mol. The van der Waals surface area contributed by atoms with Crippen LogP contribution in [0.4, 0.5) is 15.8 Å². The summed E-state index contributed by atoms with van der Waals surface area (Å²) in [5.74, 6) is -2.10. The maximum absolute atomic E-state index is 14.0. The molecule has 0 saturated heterocycles. The number of halogens is 1. The Balaban J connectivity index is 1.32. The van der Waals surface area contributed by atoms with Crippen LogP contribution in [0.3, 0.4) is 0 Å². The van der Waals surface area contributed by atoms with E-state index in [0.29, 0.717) is 22.4 Å². The van der Waals surface area contributed by atoms with Gasteiger partial charge in [0.05, 0.1) is 17.4 Å². The molecule has 0 radical (unpaired) electrons. The number of nitrogens with two attached hydrogens (primary N) is 1. The number of hydrogen-bond acceptors (Lipinski definition) is 7. The number of ether oxygens (including phenoxy) is 1. The molecule has 9 nitrogen and oxygen atoms in total. The molecule has 5 aromatic rings. The lowest BCUT2D eigenvalue weighted by Crippen LogP contribution is -2.14. The smallest absolute Gasteiger partial charge is 0.338 e. The van der Waals surface area contributed by atoms with E-state index in [1.165, 1.54) is 18.3 Å². The van der Waals surface area contributed by atoms with Crippen molar-refractivity contribution in [1.29, 1.82) is 0 Å². The van der Waals surface area contributed by atoms with Gasteiger partial charge in [0.25, 0.3) is 11.8 Å². The minimum atomic E-state index is -0.652. The van der Waals surface area contributed by atoms with Gasteiger partial charge in [0.2, 0.25) is 0 Å². The van der Waals surface area contributed by atoms with Gasteiger partial charge < -0.3 is 21.1 Å². The van der Waals surface area contributed by atoms with Gasteiger partial charge in [0.15, 0.2) is 5.82 Å². The Morgan fingerprint density at radius 1 is 0.767 bits per heavy atom. The number of carbonyl (C=O) groups excluding carboxylic acids is 3. The highest BCUT2D eigenvalue weighted by molar-refractivity contribution is 6.07. The van der Waals surface area contributed by atoms with Gasteiger partial charge in [-0.25, -0.2) is 9.18 Å².